The summed E-state index contributed by atoms with van der Waals surface area (Å²) in [5, 5.41) is 2.59. The molecule has 0 unspecified atom stereocenters. The molecule has 3 N–H and O–H groups in total. The van der Waals surface area contributed by atoms with Gasteiger partial charge in [-0.25, -0.2) is 4.39 Å². The number of halogens is 1. The minimum Gasteiger partial charge on any atom is -0.494 e. The zero-order valence-electron chi connectivity index (χ0n) is 11.4. The maximum Gasteiger partial charge on any atom is 0.262 e. The molecule has 2 aromatic rings. The molecule has 0 bridgehead atoms. The molecule has 0 radical (unpaired) electrons. The summed E-state index contributed by atoms with van der Waals surface area (Å²) in [5.74, 6) is -0.302. The van der Waals surface area contributed by atoms with E-state index in [9.17, 15) is 9.18 Å². The number of benzene rings is 2. The fourth-order valence-corrected chi connectivity index (χ4v) is 1.69. The molecular weight excluding hydrogens is 275 g/mol. The van der Waals surface area contributed by atoms with Crippen molar-refractivity contribution < 1.29 is 18.7 Å². The van der Waals surface area contributed by atoms with E-state index in [0.717, 1.165) is 0 Å². The van der Waals surface area contributed by atoms with Gasteiger partial charge >= 0.3 is 0 Å². The van der Waals surface area contributed by atoms with Gasteiger partial charge in [0.25, 0.3) is 5.91 Å². The molecule has 0 aliphatic rings. The standard InChI is InChI=1S/C15H15FN2O3/c1-20-14-8-11(5-6-13(14)16)18-15(19)9-21-12-4-2-3-10(17)7-12/h2-8H,9,17H2,1H3,(H,18,19). The first kappa shape index (κ1) is 14.6. The van der Waals surface area contributed by atoms with E-state index in [1.807, 2.05) is 0 Å². The van der Waals surface area contributed by atoms with Crippen molar-refractivity contribution >= 4 is 17.3 Å². The van der Waals surface area contributed by atoms with Gasteiger partial charge in [-0.1, -0.05) is 6.07 Å². The molecule has 1 amide bonds. The lowest BCUT2D eigenvalue weighted by molar-refractivity contribution is -0.118. The second-order valence-electron chi connectivity index (χ2n) is 4.26. The van der Waals surface area contributed by atoms with Crippen LogP contribution in [-0.4, -0.2) is 19.6 Å². The third-order valence-electron chi connectivity index (χ3n) is 2.66. The Morgan fingerprint density at radius 1 is 1.29 bits per heavy atom. The van der Waals surface area contributed by atoms with E-state index in [-0.39, 0.29) is 18.3 Å². The lowest BCUT2D eigenvalue weighted by atomic mass is 10.3. The topological polar surface area (TPSA) is 73.6 Å². The number of methoxy groups -OCH3 is 1. The average molecular weight is 290 g/mol. The summed E-state index contributed by atoms with van der Waals surface area (Å²) in [4.78, 5) is 11.8. The number of nitrogens with two attached hydrogens (primary N) is 1. The van der Waals surface area contributed by atoms with Crippen molar-refractivity contribution in [3.8, 4) is 11.5 Å². The van der Waals surface area contributed by atoms with Crippen LogP contribution in [0.15, 0.2) is 42.5 Å². The van der Waals surface area contributed by atoms with Crippen LogP contribution in [0, 0.1) is 5.82 Å². The van der Waals surface area contributed by atoms with Crippen LogP contribution in [0.2, 0.25) is 0 Å². The summed E-state index contributed by atoms with van der Waals surface area (Å²) in [7, 11) is 1.35. The predicted molar refractivity (Wildman–Crippen MR) is 77.9 cm³/mol. The van der Waals surface area contributed by atoms with Crippen LogP contribution < -0.4 is 20.5 Å². The summed E-state index contributed by atoms with van der Waals surface area (Å²) in [6.45, 7) is -0.177. The Morgan fingerprint density at radius 2 is 2.10 bits per heavy atom. The lowest BCUT2D eigenvalue weighted by Gasteiger charge is -2.09. The molecule has 0 aliphatic heterocycles. The first-order chi connectivity index (χ1) is 10.1. The van der Waals surface area contributed by atoms with Gasteiger partial charge in [-0.2, -0.15) is 0 Å². The quantitative estimate of drug-likeness (QED) is 0.829. The highest BCUT2D eigenvalue weighted by atomic mass is 19.1. The number of rotatable bonds is 5. The van der Waals surface area contributed by atoms with E-state index in [1.165, 1.54) is 25.3 Å². The van der Waals surface area contributed by atoms with Crippen LogP contribution in [0.4, 0.5) is 15.8 Å². The van der Waals surface area contributed by atoms with Gasteiger partial charge in [-0.05, 0) is 24.3 Å². The van der Waals surface area contributed by atoms with Gasteiger partial charge in [-0.3, -0.25) is 4.79 Å². The van der Waals surface area contributed by atoms with Gasteiger partial charge in [-0.15, -0.1) is 0 Å². The summed E-state index contributed by atoms with van der Waals surface area (Å²) >= 11 is 0. The Kier molecular flexibility index (Phi) is 4.61. The molecule has 2 rings (SSSR count). The highest BCUT2D eigenvalue weighted by molar-refractivity contribution is 5.92. The highest BCUT2D eigenvalue weighted by Crippen LogP contribution is 2.21. The number of anilines is 2. The number of nitrogens with one attached hydrogen (secondary N) is 1. The van der Waals surface area contributed by atoms with Gasteiger partial charge in [0, 0.05) is 23.5 Å². The number of amides is 1. The van der Waals surface area contributed by atoms with Crippen molar-refractivity contribution in [3.63, 3.8) is 0 Å². The summed E-state index contributed by atoms with van der Waals surface area (Å²) in [6, 6.07) is 10.8. The van der Waals surface area contributed by atoms with Gasteiger partial charge in [0.2, 0.25) is 0 Å². The Labute approximate surface area is 121 Å². The monoisotopic (exact) mass is 290 g/mol. The van der Waals surface area contributed by atoms with Crippen LogP contribution >= 0.6 is 0 Å². The van der Waals surface area contributed by atoms with Gasteiger partial charge in [0.1, 0.15) is 5.75 Å². The minimum absolute atomic E-state index is 0.0598. The maximum atomic E-state index is 13.2. The van der Waals surface area contributed by atoms with Crippen LogP contribution in [0.3, 0.4) is 0 Å². The molecule has 2 aromatic carbocycles. The largest absolute Gasteiger partial charge is 0.494 e. The van der Waals surface area contributed by atoms with Gasteiger partial charge in [0.15, 0.2) is 18.2 Å². The molecule has 0 saturated heterocycles. The van der Waals surface area contributed by atoms with Crippen LogP contribution in [0.25, 0.3) is 0 Å². The van der Waals surface area contributed by atoms with Crippen molar-refractivity contribution in [1.82, 2.24) is 0 Å². The molecule has 0 aromatic heterocycles. The van der Waals surface area contributed by atoms with Crippen molar-refractivity contribution in [2.45, 2.75) is 0 Å². The molecule has 0 spiro atoms. The fourth-order valence-electron chi connectivity index (χ4n) is 1.69. The molecule has 5 nitrogen and oxygen atoms in total. The molecule has 110 valence electrons. The van der Waals surface area contributed by atoms with Crippen LogP contribution in [0.1, 0.15) is 0 Å². The molecule has 21 heavy (non-hydrogen) atoms. The fraction of sp³-hybridized carbons (Fsp3) is 0.133. The van der Waals surface area contributed by atoms with Crippen LogP contribution in [-0.2, 0) is 4.79 Å². The summed E-state index contributed by atoms with van der Waals surface area (Å²) in [5.41, 5.74) is 6.58. The second kappa shape index (κ2) is 6.60. The van der Waals surface area contributed by atoms with E-state index in [2.05, 4.69) is 5.32 Å². The average Bonchev–Trinajstić information content (AvgIpc) is 2.47. The molecule has 0 heterocycles. The van der Waals surface area contributed by atoms with Crippen molar-refractivity contribution in [3.05, 3.63) is 48.3 Å². The number of hydrogen-bond acceptors (Lipinski definition) is 4. The third-order valence-corrected chi connectivity index (χ3v) is 2.66. The first-order valence-corrected chi connectivity index (χ1v) is 6.20. The van der Waals surface area contributed by atoms with E-state index in [1.54, 1.807) is 24.3 Å². The molecule has 0 fully saturated rings. The number of carbonyl (C=O) groups excluding carboxylic acids is 1. The minimum atomic E-state index is -0.494. The molecule has 0 saturated carbocycles. The van der Waals surface area contributed by atoms with Crippen molar-refractivity contribution in [2.75, 3.05) is 24.8 Å². The second-order valence-corrected chi connectivity index (χ2v) is 4.26. The zero-order valence-corrected chi connectivity index (χ0v) is 11.4. The molecular formula is C15H15FN2O3. The maximum absolute atomic E-state index is 13.2. The summed E-state index contributed by atoms with van der Waals surface area (Å²) in [6.07, 6.45) is 0. The predicted octanol–water partition coefficient (Wildman–Crippen LogP) is 2.43. The first-order valence-electron chi connectivity index (χ1n) is 6.20. The Hall–Kier alpha value is -2.76. The van der Waals surface area contributed by atoms with E-state index in [0.29, 0.717) is 17.1 Å². The van der Waals surface area contributed by atoms with E-state index >= 15 is 0 Å². The van der Waals surface area contributed by atoms with E-state index < -0.39 is 5.82 Å². The third kappa shape index (κ3) is 4.10. The van der Waals surface area contributed by atoms with E-state index in [4.69, 9.17) is 15.2 Å². The van der Waals surface area contributed by atoms with Crippen molar-refractivity contribution in [1.29, 1.82) is 0 Å². The van der Waals surface area contributed by atoms with Gasteiger partial charge < -0.3 is 20.5 Å². The molecule has 0 aliphatic carbocycles. The van der Waals surface area contributed by atoms with Gasteiger partial charge in [0.05, 0.1) is 7.11 Å². The lowest BCUT2D eigenvalue weighted by Crippen LogP contribution is -2.20. The Bertz CT molecular complexity index is 647. The number of carbonyl (C=O) groups is 1. The Morgan fingerprint density at radius 3 is 2.81 bits per heavy atom. The Balaban J connectivity index is 1.93. The number of hydrogen-bond donors (Lipinski definition) is 2. The molecule has 0 atom stereocenters. The number of ether oxygens (including phenoxy) is 2. The number of nitrogen functional groups attached to an aromatic ring is 1. The van der Waals surface area contributed by atoms with Crippen LogP contribution in [0.5, 0.6) is 11.5 Å². The SMILES string of the molecule is COc1cc(NC(=O)COc2cccc(N)c2)ccc1F. The molecule has 6 heteroatoms. The zero-order chi connectivity index (χ0) is 15.2. The normalized spacial score (nSPS) is 10.0. The highest BCUT2D eigenvalue weighted by Gasteiger charge is 2.07. The smallest absolute Gasteiger partial charge is 0.262 e. The van der Waals surface area contributed by atoms with Crippen molar-refractivity contribution in [2.24, 2.45) is 0 Å². The summed E-state index contributed by atoms with van der Waals surface area (Å²) < 4.78 is 23.4.